The first-order valence-corrected chi connectivity index (χ1v) is 7.40. The maximum Gasteiger partial charge on any atom is 0.281 e. The molecule has 100 valence electrons. The number of pyridine rings is 1. The van der Waals surface area contributed by atoms with Gasteiger partial charge < -0.3 is 0 Å². The molecular formula is C12H14N4O2S. The van der Waals surface area contributed by atoms with Gasteiger partial charge >= 0.3 is 0 Å². The fourth-order valence-corrected chi connectivity index (χ4v) is 4.28. The Bertz CT molecular complexity index is 716. The molecule has 0 fully saturated rings. The third-order valence-electron chi connectivity index (χ3n) is 3.32. The molecule has 0 saturated carbocycles. The zero-order chi connectivity index (χ0) is 13.6. The molecule has 7 heteroatoms. The fourth-order valence-electron chi connectivity index (χ4n) is 2.46. The van der Waals surface area contributed by atoms with Crippen molar-refractivity contribution in [3.05, 3.63) is 35.8 Å². The maximum atomic E-state index is 12.7. The van der Waals surface area contributed by atoms with Crippen molar-refractivity contribution < 1.29 is 8.42 Å². The van der Waals surface area contributed by atoms with Gasteiger partial charge in [0, 0.05) is 31.5 Å². The largest absolute Gasteiger partial charge is 0.281 e. The van der Waals surface area contributed by atoms with Crippen LogP contribution in [-0.2, 0) is 23.5 Å². The Balaban J connectivity index is 2.14. The monoisotopic (exact) mass is 278 g/mol. The summed E-state index contributed by atoms with van der Waals surface area (Å²) in [5, 5.41) is 4.26. The molecule has 2 aromatic heterocycles. The van der Waals surface area contributed by atoms with E-state index in [2.05, 4.69) is 10.1 Å². The number of fused-ring (bicyclic) bond motifs is 1. The minimum absolute atomic E-state index is 0.247. The van der Waals surface area contributed by atoms with Crippen molar-refractivity contribution in [2.24, 2.45) is 7.05 Å². The van der Waals surface area contributed by atoms with Gasteiger partial charge in [-0.3, -0.25) is 14.0 Å². The van der Waals surface area contributed by atoms with Crippen LogP contribution in [0.2, 0.25) is 0 Å². The summed E-state index contributed by atoms with van der Waals surface area (Å²) in [7, 11) is -1.92. The summed E-state index contributed by atoms with van der Waals surface area (Å²) in [5.74, 6) is 0. The van der Waals surface area contributed by atoms with Gasteiger partial charge in [-0.25, -0.2) is 0 Å². The van der Waals surface area contributed by atoms with E-state index in [0.29, 0.717) is 18.5 Å². The lowest BCUT2D eigenvalue weighted by molar-refractivity contribution is 0.572. The van der Waals surface area contributed by atoms with Gasteiger partial charge in [-0.15, -0.1) is 0 Å². The lowest BCUT2D eigenvalue weighted by Gasteiger charge is -2.19. The van der Waals surface area contributed by atoms with Gasteiger partial charge in [0.2, 0.25) is 0 Å². The molecule has 0 unspecified atom stereocenters. The summed E-state index contributed by atoms with van der Waals surface area (Å²) in [6, 6.07) is 1.74. The van der Waals surface area contributed by atoms with Crippen molar-refractivity contribution in [2.45, 2.75) is 18.4 Å². The van der Waals surface area contributed by atoms with E-state index in [1.165, 1.54) is 8.99 Å². The summed E-state index contributed by atoms with van der Waals surface area (Å²) < 4.78 is 28.3. The number of hydrogen-bond donors (Lipinski definition) is 0. The van der Waals surface area contributed by atoms with E-state index in [1.54, 1.807) is 38.6 Å². The minimum Gasteiger partial charge on any atom is -0.264 e. The Kier molecular flexibility index (Phi) is 2.60. The molecule has 0 spiro atoms. The number of rotatable bonds is 2. The zero-order valence-corrected chi connectivity index (χ0v) is 11.6. The van der Waals surface area contributed by atoms with Crippen molar-refractivity contribution in [1.82, 2.24) is 14.8 Å². The Morgan fingerprint density at radius 3 is 2.79 bits per heavy atom. The van der Waals surface area contributed by atoms with Crippen LogP contribution < -0.4 is 4.31 Å². The Morgan fingerprint density at radius 2 is 2.11 bits per heavy atom. The predicted octanol–water partition coefficient (Wildman–Crippen LogP) is 0.875. The topological polar surface area (TPSA) is 68.1 Å². The average Bonchev–Trinajstić information content (AvgIpc) is 2.93. The summed E-state index contributed by atoms with van der Waals surface area (Å²) in [6.45, 7) is 2.21. The Labute approximate surface area is 111 Å². The second-order valence-electron chi connectivity index (χ2n) is 4.59. The molecule has 0 amide bonds. The molecule has 0 radical (unpaired) electrons. The molecule has 1 aliphatic heterocycles. The first kappa shape index (κ1) is 12.2. The quantitative estimate of drug-likeness (QED) is 0.817. The van der Waals surface area contributed by atoms with Crippen LogP contribution in [0.4, 0.5) is 5.69 Å². The molecule has 6 nitrogen and oxygen atoms in total. The van der Waals surface area contributed by atoms with E-state index >= 15 is 0 Å². The predicted molar refractivity (Wildman–Crippen MR) is 70.4 cm³/mol. The van der Waals surface area contributed by atoms with Gasteiger partial charge in [-0.05, 0) is 25.0 Å². The molecule has 0 bridgehead atoms. The summed E-state index contributed by atoms with van der Waals surface area (Å²) in [5.41, 5.74) is 2.34. The number of aromatic nitrogens is 3. The molecular weight excluding hydrogens is 264 g/mol. The molecule has 0 aliphatic carbocycles. The van der Waals surface area contributed by atoms with E-state index in [0.717, 1.165) is 11.3 Å². The van der Waals surface area contributed by atoms with Crippen LogP contribution in [-0.4, -0.2) is 29.7 Å². The van der Waals surface area contributed by atoms with Crippen LogP contribution in [0.1, 0.15) is 11.1 Å². The van der Waals surface area contributed by atoms with Crippen molar-refractivity contribution in [3.8, 4) is 0 Å². The maximum absolute atomic E-state index is 12.7. The normalized spacial score (nSPS) is 14.7. The fraction of sp³-hybridized carbons (Fsp3) is 0.333. The number of hydrogen-bond acceptors (Lipinski definition) is 4. The van der Waals surface area contributed by atoms with E-state index in [9.17, 15) is 8.42 Å². The van der Waals surface area contributed by atoms with Gasteiger partial charge in [0.15, 0.2) is 5.03 Å². The van der Waals surface area contributed by atoms with Crippen molar-refractivity contribution in [1.29, 1.82) is 0 Å². The van der Waals surface area contributed by atoms with E-state index in [1.807, 2.05) is 0 Å². The standard InChI is InChI=1S/C12H14N4O2S/c1-9-7-14-15(2)12(9)19(17,18)16-6-4-10-8-13-5-3-11(10)16/h3,5,7-8H,4,6H2,1-2H3. The third-order valence-corrected chi connectivity index (χ3v) is 5.36. The van der Waals surface area contributed by atoms with Gasteiger partial charge in [0.05, 0.1) is 11.9 Å². The van der Waals surface area contributed by atoms with Crippen LogP contribution >= 0.6 is 0 Å². The van der Waals surface area contributed by atoms with Crippen LogP contribution in [0.3, 0.4) is 0 Å². The highest BCUT2D eigenvalue weighted by Gasteiger charge is 2.33. The number of sulfonamides is 1. The molecule has 2 aromatic rings. The minimum atomic E-state index is -3.56. The molecule has 3 rings (SSSR count). The van der Waals surface area contributed by atoms with Crippen molar-refractivity contribution >= 4 is 15.7 Å². The first-order valence-electron chi connectivity index (χ1n) is 5.96. The van der Waals surface area contributed by atoms with Crippen molar-refractivity contribution in [2.75, 3.05) is 10.8 Å². The second-order valence-corrected chi connectivity index (χ2v) is 6.37. The third kappa shape index (κ3) is 1.73. The molecule has 0 saturated heterocycles. The lowest BCUT2D eigenvalue weighted by Crippen LogP contribution is -2.31. The second kappa shape index (κ2) is 4.06. The molecule has 0 N–H and O–H groups in total. The van der Waals surface area contributed by atoms with E-state index in [4.69, 9.17) is 0 Å². The van der Waals surface area contributed by atoms with Gasteiger partial charge in [-0.1, -0.05) is 0 Å². The van der Waals surface area contributed by atoms with Crippen LogP contribution in [0.5, 0.6) is 0 Å². The lowest BCUT2D eigenvalue weighted by atomic mass is 10.2. The Morgan fingerprint density at radius 1 is 1.32 bits per heavy atom. The van der Waals surface area contributed by atoms with E-state index < -0.39 is 10.0 Å². The molecule has 19 heavy (non-hydrogen) atoms. The summed E-state index contributed by atoms with van der Waals surface area (Å²) >= 11 is 0. The molecule has 1 aliphatic rings. The van der Waals surface area contributed by atoms with Gasteiger partial charge in [0.25, 0.3) is 10.0 Å². The number of nitrogens with zero attached hydrogens (tertiary/aromatic N) is 4. The Hall–Kier alpha value is -1.89. The SMILES string of the molecule is Cc1cnn(C)c1S(=O)(=O)N1CCc2cnccc21. The molecule has 0 atom stereocenters. The number of aryl methyl sites for hydroxylation is 2. The van der Waals surface area contributed by atoms with Crippen LogP contribution in [0.25, 0.3) is 0 Å². The average molecular weight is 278 g/mol. The van der Waals surface area contributed by atoms with E-state index in [-0.39, 0.29) is 5.03 Å². The van der Waals surface area contributed by atoms with Gasteiger partial charge in [-0.2, -0.15) is 13.5 Å². The summed E-state index contributed by atoms with van der Waals surface area (Å²) in [6.07, 6.45) is 5.60. The van der Waals surface area contributed by atoms with Crippen LogP contribution in [0.15, 0.2) is 29.7 Å². The van der Waals surface area contributed by atoms with Crippen LogP contribution in [0, 0.1) is 6.92 Å². The summed E-state index contributed by atoms with van der Waals surface area (Å²) in [4.78, 5) is 4.03. The first-order chi connectivity index (χ1) is 9.01. The molecule has 0 aromatic carbocycles. The number of anilines is 1. The highest BCUT2D eigenvalue weighted by atomic mass is 32.2. The highest BCUT2D eigenvalue weighted by molar-refractivity contribution is 7.92. The van der Waals surface area contributed by atoms with Crippen molar-refractivity contribution in [3.63, 3.8) is 0 Å². The highest BCUT2D eigenvalue weighted by Crippen LogP contribution is 2.32. The zero-order valence-electron chi connectivity index (χ0n) is 10.7. The smallest absolute Gasteiger partial charge is 0.264 e. The molecule has 3 heterocycles. The van der Waals surface area contributed by atoms with Gasteiger partial charge in [0.1, 0.15) is 0 Å².